The van der Waals surface area contributed by atoms with Gasteiger partial charge >= 0.3 is 0 Å². The molecule has 1 saturated heterocycles. The van der Waals surface area contributed by atoms with Gasteiger partial charge in [-0.05, 0) is 50.2 Å². The smallest absolute Gasteiger partial charge is 0.261 e. The number of rotatable bonds is 4. The molecule has 1 heterocycles. The van der Waals surface area contributed by atoms with Crippen LogP contribution in [0.3, 0.4) is 0 Å². The van der Waals surface area contributed by atoms with Crippen molar-refractivity contribution in [3.05, 3.63) is 59.9 Å². The van der Waals surface area contributed by atoms with Crippen LogP contribution in [0.4, 0.5) is 10.1 Å². The quantitative estimate of drug-likeness (QED) is 0.868. The van der Waals surface area contributed by atoms with E-state index in [-0.39, 0.29) is 34.3 Å². The molecule has 0 aromatic heterocycles. The SMILES string of the molecule is C[C@@H]1CN(C(=O)c2ccccc2NS(=O)(=O)c2ccc(F)cc2)C[C@H](C)O1. The summed E-state index contributed by atoms with van der Waals surface area (Å²) in [5.41, 5.74) is 0.433. The van der Waals surface area contributed by atoms with Crippen LogP contribution >= 0.6 is 0 Å². The first-order valence-corrected chi connectivity index (χ1v) is 10.1. The molecule has 27 heavy (non-hydrogen) atoms. The van der Waals surface area contributed by atoms with Crippen molar-refractivity contribution >= 4 is 21.6 Å². The maximum Gasteiger partial charge on any atom is 0.261 e. The lowest BCUT2D eigenvalue weighted by molar-refractivity contribution is -0.0585. The fraction of sp³-hybridized carbons (Fsp3) is 0.316. The Bertz CT molecular complexity index is 921. The molecule has 3 rings (SSSR count). The number of morpholine rings is 1. The number of carbonyl (C=O) groups is 1. The Morgan fingerprint density at radius 3 is 2.30 bits per heavy atom. The normalized spacial score (nSPS) is 20.3. The number of halogens is 1. The molecular formula is C19H21FN2O4S. The Hall–Kier alpha value is -2.45. The van der Waals surface area contributed by atoms with Crippen molar-refractivity contribution in [3.63, 3.8) is 0 Å². The summed E-state index contributed by atoms with van der Waals surface area (Å²) < 4.78 is 46.3. The molecule has 0 aliphatic carbocycles. The Kier molecular flexibility index (Phi) is 5.48. The third-order valence-electron chi connectivity index (χ3n) is 4.23. The van der Waals surface area contributed by atoms with Crippen molar-refractivity contribution in [2.75, 3.05) is 17.8 Å². The van der Waals surface area contributed by atoms with E-state index in [1.165, 1.54) is 18.2 Å². The van der Waals surface area contributed by atoms with Crippen molar-refractivity contribution in [1.82, 2.24) is 4.90 Å². The Morgan fingerprint density at radius 1 is 1.07 bits per heavy atom. The number of sulfonamides is 1. The number of anilines is 1. The molecule has 2 atom stereocenters. The summed E-state index contributed by atoms with van der Waals surface area (Å²) in [6.07, 6.45) is -0.193. The fourth-order valence-electron chi connectivity index (χ4n) is 3.09. The first-order valence-electron chi connectivity index (χ1n) is 8.58. The summed E-state index contributed by atoms with van der Waals surface area (Å²) in [7, 11) is -3.95. The number of ether oxygens (including phenoxy) is 1. The second-order valence-electron chi connectivity index (χ2n) is 6.57. The van der Waals surface area contributed by atoms with E-state index >= 15 is 0 Å². The molecule has 1 N–H and O–H groups in total. The molecule has 8 heteroatoms. The minimum absolute atomic E-state index is 0.0835. The van der Waals surface area contributed by atoms with Crippen LogP contribution in [0, 0.1) is 5.82 Å². The monoisotopic (exact) mass is 392 g/mol. The number of hydrogen-bond acceptors (Lipinski definition) is 4. The Morgan fingerprint density at radius 2 is 1.67 bits per heavy atom. The van der Waals surface area contributed by atoms with Crippen molar-refractivity contribution in [3.8, 4) is 0 Å². The number of nitrogens with zero attached hydrogens (tertiary/aromatic N) is 1. The lowest BCUT2D eigenvalue weighted by atomic mass is 10.1. The van der Waals surface area contributed by atoms with Gasteiger partial charge in [0.2, 0.25) is 0 Å². The first-order chi connectivity index (χ1) is 12.8. The van der Waals surface area contributed by atoms with Crippen LogP contribution in [0.1, 0.15) is 24.2 Å². The van der Waals surface area contributed by atoms with E-state index < -0.39 is 15.8 Å². The third kappa shape index (κ3) is 4.45. The summed E-state index contributed by atoms with van der Waals surface area (Å²) in [5.74, 6) is -0.797. The molecule has 1 fully saturated rings. The zero-order valence-electron chi connectivity index (χ0n) is 15.1. The highest BCUT2D eigenvalue weighted by Crippen LogP contribution is 2.23. The van der Waals surface area contributed by atoms with Crippen LogP contribution in [0.15, 0.2) is 53.4 Å². The topological polar surface area (TPSA) is 75.7 Å². The number of amides is 1. The van der Waals surface area contributed by atoms with Crippen LogP contribution in [0.25, 0.3) is 0 Å². The van der Waals surface area contributed by atoms with E-state index in [0.29, 0.717) is 13.1 Å². The van der Waals surface area contributed by atoms with Crippen molar-refractivity contribution in [1.29, 1.82) is 0 Å². The van der Waals surface area contributed by atoms with Gasteiger partial charge in [0.1, 0.15) is 5.82 Å². The van der Waals surface area contributed by atoms with Gasteiger partial charge in [-0.1, -0.05) is 12.1 Å². The molecule has 0 bridgehead atoms. The van der Waals surface area contributed by atoms with Crippen LogP contribution in [-0.4, -0.2) is 44.5 Å². The van der Waals surface area contributed by atoms with Crippen LogP contribution in [-0.2, 0) is 14.8 Å². The summed E-state index contributed by atoms with van der Waals surface area (Å²) in [5, 5.41) is 0. The Balaban J connectivity index is 1.88. The number of nitrogens with one attached hydrogen (secondary N) is 1. The third-order valence-corrected chi connectivity index (χ3v) is 5.61. The van der Waals surface area contributed by atoms with E-state index in [0.717, 1.165) is 12.1 Å². The molecule has 1 aliphatic heterocycles. The fourth-order valence-corrected chi connectivity index (χ4v) is 4.17. The predicted octanol–water partition coefficient (Wildman–Crippen LogP) is 2.88. The standard InChI is InChI=1S/C19H21FN2O4S/c1-13-11-22(12-14(2)26-13)19(23)17-5-3-4-6-18(17)21-27(24,25)16-9-7-15(20)8-10-16/h3-10,13-14,21H,11-12H2,1-2H3/t13-,14+. The van der Waals surface area contributed by atoms with Gasteiger partial charge < -0.3 is 9.64 Å². The number of benzene rings is 2. The maximum absolute atomic E-state index is 13.1. The summed E-state index contributed by atoms with van der Waals surface area (Å²) in [6.45, 7) is 4.64. The first kappa shape index (κ1) is 19.3. The molecule has 0 unspecified atom stereocenters. The van der Waals surface area contributed by atoms with E-state index in [1.807, 2.05) is 13.8 Å². The number of para-hydroxylation sites is 1. The average molecular weight is 392 g/mol. The van der Waals surface area contributed by atoms with E-state index in [9.17, 15) is 17.6 Å². The number of hydrogen-bond donors (Lipinski definition) is 1. The minimum Gasteiger partial charge on any atom is -0.372 e. The van der Waals surface area contributed by atoms with Crippen LogP contribution in [0.2, 0.25) is 0 Å². The lowest BCUT2D eigenvalue weighted by Crippen LogP contribution is -2.48. The average Bonchev–Trinajstić information content (AvgIpc) is 2.61. The molecule has 0 spiro atoms. The summed E-state index contributed by atoms with van der Waals surface area (Å²) in [6, 6.07) is 10.9. The van der Waals surface area contributed by atoms with Gasteiger partial charge in [0.15, 0.2) is 0 Å². The van der Waals surface area contributed by atoms with Gasteiger partial charge in [-0.15, -0.1) is 0 Å². The molecule has 0 saturated carbocycles. The van der Waals surface area contributed by atoms with Crippen LogP contribution < -0.4 is 4.72 Å². The highest BCUT2D eigenvalue weighted by atomic mass is 32.2. The van der Waals surface area contributed by atoms with E-state index in [1.54, 1.807) is 23.1 Å². The molecular weight excluding hydrogens is 371 g/mol. The molecule has 6 nitrogen and oxygen atoms in total. The molecule has 2 aromatic rings. The molecule has 1 amide bonds. The zero-order valence-corrected chi connectivity index (χ0v) is 15.9. The Labute approximate surface area is 158 Å². The van der Waals surface area contributed by atoms with Crippen LogP contribution in [0.5, 0.6) is 0 Å². The van der Waals surface area contributed by atoms with E-state index in [4.69, 9.17) is 4.74 Å². The zero-order chi connectivity index (χ0) is 19.6. The summed E-state index contributed by atoms with van der Waals surface area (Å²) in [4.78, 5) is 14.5. The van der Waals surface area contributed by atoms with Gasteiger partial charge in [-0.3, -0.25) is 9.52 Å². The highest BCUT2D eigenvalue weighted by molar-refractivity contribution is 7.92. The molecule has 2 aromatic carbocycles. The second-order valence-corrected chi connectivity index (χ2v) is 8.25. The molecule has 1 aliphatic rings. The van der Waals surface area contributed by atoms with E-state index in [2.05, 4.69) is 4.72 Å². The highest BCUT2D eigenvalue weighted by Gasteiger charge is 2.28. The predicted molar refractivity (Wildman–Crippen MR) is 99.6 cm³/mol. The molecule has 144 valence electrons. The van der Waals surface area contributed by atoms with Gasteiger partial charge in [-0.2, -0.15) is 0 Å². The van der Waals surface area contributed by atoms with Gasteiger partial charge in [0.25, 0.3) is 15.9 Å². The van der Waals surface area contributed by atoms with Crippen molar-refractivity contribution in [2.24, 2.45) is 0 Å². The van der Waals surface area contributed by atoms with Gasteiger partial charge in [0, 0.05) is 13.1 Å². The number of carbonyl (C=O) groups excluding carboxylic acids is 1. The molecule has 0 radical (unpaired) electrons. The second kappa shape index (κ2) is 7.66. The minimum atomic E-state index is -3.95. The summed E-state index contributed by atoms with van der Waals surface area (Å²) >= 11 is 0. The lowest BCUT2D eigenvalue weighted by Gasteiger charge is -2.35. The van der Waals surface area contributed by atoms with Gasteiger partial charge in [-0.25, -0.2) is 12.8 Å². The van der Waals surface area contributed by atoms with Crippen molar-refractivity contribution in [2.45, 2.75) is 31.0 Å². The maximum atomic E-state index is 13.1. The van der Waals surface area contributed by atoms with Gasteiger partial charge in [0.05, 0.1) is 28.4 Å². The largest absolute Gasteiger partial charge is 0.372 e. The van der Waals surface area contributed by atoms with Crippen molar-refractivity contribution < 1.29 is 22.3 Å².